The molecule has 0 atom stereocenters. The van der Waals surface area contributed by atoms with Gasteiger partial charge in [-0.1, -0.05) is 13.8 Å². The second-order valence-electron chi connectivity index (χ2n) is 6.31. The number of hydrogen-bond donors (Lipinski definition) is 1. The van der Waals surface area contributed by atoms with E-state index < -0.39 is 6.09 Å². The number of pyridine rings is 1. The van der Waals surface area contributed by atoms with Gasteiger partial charge >= 0.3 is 6.09 Å². The van der Waals surface area contributed by atoms with Crippen LogP contribution >= 0.6 is 0 Å². The lowest BCUT2D eigenvalue weighted by Crippen LogP contribution is -2.49. The lowest BCUT2D eigenvalue weighted by atomic mass is 10.1. The van der Waals surface area contributed by atoms with Crippen molar-refractivity contribution >= 4 is 17.7 Å². The van der Waals surface area contributed by atoms with Gasteiger partial charge in [-0.3, -0.25) is 9.78 Å². The van der Waals surface area contributed by atoms with Crippen molar-refractivity contribution < 1.29 is 14.3 Å². The molecule has 0 aromatic carbocycles. The van der Waals surface area contributed by atoms with Crippen LogP contribution in [0.2, 0.25) is 0 Å². The van der Waals surface area contributed by atoms with Crippen molar-refractivity contribution in [3.05, 3.63) is 24.0 Å². The van der Waals surface area contributed by atoms with Crippen LogP contribution in [0.5, 0.6) is 0 Å². The van der Waals surface area contributed by atoms with Crippen molar-refractivity contribution in [1.82, 2.24) is 15.2 Å². The van der Waals surface area contributed by atoms with Crippen molar-refractivity contribution in [3.8, 4) is 0 Å². The molecule has 0 saturated carbocycles. The van der Waals surface area contributed by atoms with E-state index in [2.05, 4.69) is 41.2 Å². The van der Waals surface area contributed by atoms with Gasteiger partial charge < -0.3 is 19.9 Å². The summed E-state index contributed by atoms with van der Waals surface area (Å²) in [5.41, 5.74) is 2.17. The number of anilines is 1. The first-order valence-electron chi connectivity index (χ1n) is 8.31. The molecule has 1 saturated heterocycles. The Kier molecular flexibility index (Phi) is 6.40. The third-order valence-corrected chi connectivity index (χ3v) is 3.94. The largest absolute Gasteiger partial charge is 0.439 e. The second kappa shape index (κ2) is 8.52. The molecule has 1 aliphatic rings. The topological polar surface area (TPSA) is 74.8 Å². The highest BCUT2D eigenvalue weighted by atomic mass is 16.6. The fraction of sp³-hybridized carbons (Fsp3) is 0.588. The lowest BCUT2D eigenvalue weighted by Gasteiger charge is -2.35. The van der Waals surface area contributed by atoms with E-state index in [0.29, 0.717) is 19.0 Å². The first kappa shape index (κ1) is 18.0. The van der Waals surface area contributed by atoms with Gasteiger partial charge in [-0.25, -0.2) is 4.79 Å². The zero-order chi connectivity index (χ0) is 17.5. The first-order valence-corrected chi connectivity index (χ1v) is 8.31. The van der Waals surface area contributed by atoms with Crippen LogP contribution in [0.25, 0.3) is 0 Å². The number of piperazine rings is 1. The summed E-state index contributed by atoms with van der Waals surface area (Å²) >= 11 is 0. The molecule has 1 aromatic heterocycles. The number of rotatable bonds is 5. The number of hydrogen-bond acceptors (Lipinski definition) is 5. The summed E-state index contributed by atoms with van der Waals surface area (Å²) in [5.74, 6) is 0.280. The molecule has 7 nitrogen and oxygen atoms in total. The number of aromatic nitrogens is 1. The monoisotopic (exact) mass is 334 g/mol. The average Bonchev–Trinajstić information content (AvgIpc) is 2.59. The maximum atomic E-state index is 11.9. The molecule has 2 heterocycles. The molecule has 0 radical (unpaired) electrons. The quantitative estimate of drug-likeness (QED) is 0.878. The number of ether oxygens (including phenoxy) is 1. The van der Waals surface area contributed by atoms with Crippen LogP contribution in [0.3, 0.4) is 0 Å². The van der Waals surface area contributed by atoms with Gasteiger partial charge in [0.2, 0.25) is 0 Å². The van der Waals surface area contributed by atoms with E-state index in [4.69, 9.17) is 4.74 Å². The third kappa shape index (κ3) is 5.11. The van der Waals surface area contributed by atoms with Crippen molar-refractivity contribution in [2.24, 2.45) is 5.92 Å². The number of carbonyl (C=O) groups excluding carboxylic acids is 2. The molecule has 1 N–H and O–H groups in total. The zero-order valence-corrected chi connectivity index (χ0v) is 14.6. The molecular weight excluding hydrogens is 308 g/mol. The van der Waals surface area contributed by atoms with E-state index >= 15 is 0 Å². The summed E-state index contributed by atoms with van der Waals surface area (Å²) < 4.78 is 4.97. The van der Waals surface area contributed by atoms with Crippen LogP contribution in [0, 0.1) is 5.92 Å². The number of carbonyl (C=O) groups is 2. The molecule has 0 unspecified atom stereocenters. The van der Waals surface area contributed by atoms with Gasteiger partial charge in [-0.15, -0.1) is 0 Å². The first-order chi connectivity index (χ1) is 11.5. The second-order valence-corrected chi connectivity index (χ2v) is 6.31. The third-order valence-electron chi connectivity index (χ3n) is 3.94. The van der Waals surface area contributed by atoms with Crippen LogP contribution in [-0.2, 0) is 16.0 Å². The summed E-state index contributed by atoms with van der Waals surface area (Å²) in [5, 5.41) is 2.42. The number of likely N-dealkylation sites (N-methyl/N-ethyl adjacent to an activating group) is 1. The fourth-order valence-electron chi connectivity index (χ4n) is 2.58. The van der Waals surface area contributed by atoms with E-state index in [0.717, 1.165) is 30.9 Å². The fourth-order valence-corrected chi connectivity index (χ4v) is 2.58. The van der Waals surface area contributed by atoms with E-state index in [-0.39, 0.29) is 12.5 Å². The minimum Gasteiger partial charge on any atom is -0.439 e. The van der Waals surface area contributed by atoms with Crippen molar-refractivity contribution in [3.63, 3.8) is 0 Å². The molecule has 24 heavy (non-hydrogen) atoms. The molecule has 1 aliphatic heterocycles. The van der Waals surface area contributed by atoms with Crippen LogP contribution in [0.4, 0.5) is 10.5 Å². The SMILES string of the molecule is CNC(=O)COC(=O)N1CCN(c2ccc(CC(C)C)nc2)CC1. The van der Waals surface area contributed by atoms with E-state index in [1.807, 2.05) is 6.20 Å². The van der Waals surface area contributed by atoms with E-state index in [1.165, 1.54) is 7.05 Å². The van der Waals surface area contributed by atoms with Crippen molar-refractivity contribution in [1.29, 1.82) is 0 Å². The number of nitrogens with zero attached hydrogens (tertiary/aromatic N) is 3. The van der Waals surface area contributed by atoms with Crippen LogP contribution in [-0.4, -0.2) is 61.7 Å². The Morgan fingerprint density at radius 2 is 1.96 bits per heavy atom. The van der Waals surface area contributed by atoms with E-state index in [9.17, 15) is 9.59 Å². The Morgan fingerprint density at radius 1 is 1.25 bits per heavy atom. The lowest BCUT2D eigenvalue weighted by molar-refractivity contribution is -0.123. The highest BCUT2D eigenvalue weighted by Gasteiger charge is 2.23. The zero-order valence-electron chi connectivity index (χ0n) is 14.6. The highest BCUT2D eigenvalue weighted by molar-refractivity contribution is 5.79. The minimum absolute atomic E-state index is 0.239. The predicted molar refractivity (Wildman–Crippen MR) is 92.0 cm³/mol. The molecule has 132 valence electrons. The summed E-state index contributed by atoms with van der Waals surface area (Å²) in [6.07, 6.45) is 2.44. The molecule has 2 amide bonds. The molecule has 2 rings (SSSR count). The molecule has 7 heteroatoms. The highest BCUT2D eigenvalue weighted by Crippen LogP contribution is 2.17. The van der Waals surface area contributed by atoms with Gasteiger partial charge in [-0.05, 0) is 24.5 Å². The minimum atomic E-state index is -0.441. The Bertz CT molecular complexity index is 551. The molecule has 0 bridgehead atoms. The maximum Gasteiger partial charge on any atom is 0.410 e. The molecule has 0 aliphatic carbocycles. The summed E-state index contributed by atoms with van der Waals surface area (Å²) in [6, 6.07) is 4.16. The molecule has 0 spiro atoms. The van der Waals surface area contributed by atoms with Crippen molar-refractivity contribution in [2.45, 2.75) is 20.3 Å². The van der Waals surface area contributed by atoms with Crippen LogP contribution in [0.1, 0.15) is 19.5 Å². The van der Waals surface area contributed by atoms with E-state index in [1.54, 1.807) is 4.90 Å². The smallest absolute Gasteiger partial charge is 0.410 e. The van der Waals surface area contributed by atoms with Crippen LogP contribution < -0.4 is 10.2 Å². The molecule has 1 aromatic rings. The Morgan fingerprint density at radius 3 is 2.50 bits per heavy atom. The molecule has 1 fully saturated rings. The van der Waals surface area contributed by atoms with Gasteiger partial charge in [0.15, 0.2) is 6.61 Å². The molecular formula is C17H26N4O3. The van der Waals surface area contributed by atoms with Crippen molar-refractivity contribution in [2.75, 3.05) is 44.7 Å². The Balaban J connectivity index is 1.81. The Labute approximate surface area is 143 Å². The maximum absolute atomic E-state index is 11.9. The summed E-state index contributed by atoms with van der Waals surface area (Å²) in [4.78, 5) is 31.4. The van der Waals surface area contributed by atoms with Gasteiger partial charge in [0.05, 0.1) is 11.9 Å². The number of nitrogens with one attached hydrogen (secondary N) is 1. The summed E-state index contributed by atoms with van der Waals surface area (Å²) in [7, 11) is 1.51. The van der Waals surface area contributed by atoms with Crippen LogP contribution in [0.15, 0.2) is 18.3 Å². The number of amides is 2. The van der Waals surface area contributed by atoms with Gasteiger partial charge in [0.25, 0.3) is 5.91 Å². The van der Waals surface area contributed by atoms with Gasteiger partial charge in [0.1, 0.15) is 0 Å². The Hall–Kier alpha value is -2.31. The summed E-state index contributed by atoms with van der Waals surface area (Å²) in [6.45, 7) is 6.70. The normalized spacial score (nSPS) is 14.7. The van der Waals surface area contributed by atoms with Gasteiger partial charge in [0, 0.05) is 38.9 Å². The predicted octanol–water partition coefficient (Wildman–Crippen LogP) is 1.28. The van der Waals surface area contributed by atoms with Gasteiger partial charge in [-0.2, -0.15) is 0 Å². The average molecular weight is 334 g/mol. The standard InChI is InChI=1S/C17H26N4O3/c1-13(2)10-14-4-5-15(11-19-14)20-6-8-21(9-7-20)17(23)24-12-16(22)18-3/h4-5,11,13H,6-10,12H2,1-3H3,(H,18,22).